The van der Waals surface area contributed by atoms with Crippen LogP contribution in [0.4, 0.5) is 0 Å². The molecular weight excluding hydrogens is 368 g/mol. The molecule has 0 aliphatic carbocycles. The number of H-pyrrole nitrogens is 1. The van der Waals surface area contributed by atoms with Crippen molar-refractivity contribution >= 4 is 34.1 Å². The molecule has 5 nitrogen and oxygen atoms in total. The predicted octanol–water partition coefficient (Wildman–Crippen LogP) is 5.04. The summed E-state index contributed by atoms with van der Waals surface area (Å²) in [7, 11) is 0. The second-order valence-electron chi connectivity index (χ2n) is 6.19. The van der Waals surface area contributed by atoms with E-state index in [0.29, 0.717) is 11.3 Å². The number of carbonyl (C=O) groups is 1. The number of benzene rings is 1. The van der Waals surface area contributed by atoms with Gasteiger partial charge in [-0.3, -0.25) is 9.78 Å². The summed E-state index contributed by atoms with van der Waals surface area (Å²) in [6.45, 7) is 2.07. The Hall–Kier alpha value is -3.56. The summed E-state index contributed by atoms with van der Waals surface area (Å²) in [5, 5.41) is 13.0. The van der Waals surface area contributed by atoms with E-state index in [-0.39, 0.29) is 11.4 Å². The molecular formula is C22H16N4OS. The number of nitrogens with zero attached hydrogens (tertiary/aromatic N) is 3. The van der Waals surface area contributed by atoms with Crippen LogP contribution >= 0.6 is 11.3 Å². The molecule has 4 aromatic rings. The van der Waals surface area contributed by atoms with Gasteiger partial charge in [-0.25, -0.2) is 4.98 Å². The van der Waals surface area contributed by atoms with Crippen molar-refractivity contribution in [2.45, 2.75) is 13.3 Å². The van der Waals surface area contributed by atoms with Gasteiger partial charge < -0.3 is 4.98 Å². The Balaban J connectivity index is 1.69. The number of aromatic nitrogens is 3. The van der Waals surface area contributed by atoms with Crippen LogP contribution in [0.25, 0.3) is 27.7 Å². The maximum Gasteiger partial charge on any atom is 0.205 e. The SMILES string of the molecule is CCc1cccc2c(C(=O)C(C#N)=Cc3csc(-c4ccccn4)n3)c[nH]c12. The largest absolute Gasteiger partial charge is 0.360 e. The number of nitriles is 1. The van der Waals surface area contributed by atoms with E-state index in [2.05, 4.69) is 21.9 Å². The number of carbonyl (C=O) groups excluding carboxylic acids is 1. The van der Waals surface area contributed by atoms with E-state index in [9.17, 15) is 10.1 Å². The number of pyridine rings is 1. The first-order valence-electron chi connectivity index (χ1n) is 8.83. The lowest BCUT2D eigenvalue weighted by Crippen LogP contribution is -2.01. The van der Waals surface area contributed by atoms with Crippen LogP contribution in [0.1, 0.15) is 28.5 Å². The molecule has 0 spiro atoms. The number of ketones is 1. The van der Waals surface area contributed by atoms with Gasteiger partial charge in [-0.1, -0.05) is 31.2 Å². The smallest absolute Gasteiger partial charge is 0.205 e. The van der Waals surface area contributed by atoms with Crippen molar-refractivity contribution in [2.75, 3.05) is 0 Å². The van der Waals surface area contributed by atoms with Crippen LogP contribution in [0.2, 0.25) is 0 Å². The number of rotatable bonds is 5. The van der Waals surface area contributed by atoms with Crippen LogP contribution < -0.4 is 0 Å². The van der Waals surface area contributed by atoms with Crippen molar-refractivity contribution < 1.29 is 4.79 Å². The summed E-state index contributed by atoms with van der Waals surface area (Å²) in [5.74, 6) is -0.311. The molecule has 28 heavy (non-hydrogen) atoms. The molecule has 0 atom stereocenters. The number of allylic oxidation sites excluding steroid dienone is 1. The van der Waals surface area contributed by atoms with Gasteiger partial charge in [0.25, 0.3) is 0 Å². The predicted molar refractivity (Wildman–Crippen MR) is 111 cm³/mol. The van der Waals surface area contributed by atoms with Gasteiger partial charge in [-0.05, 0) is 30.2 Å². The highest BCUT2D eigenvalue weighted by Gasteiger charge is 2.18. The van der Waals surface area contributed by atoms with Gasteiger partial charge in [-0.15, -0.1) is 11.3 Å². The van der Waals surface area contributed by atoms with Crippen LogP contribution in [0.5, 0.6) is 0 Å². The summed E-state index contributed by atoms with van der Waals surface area (Å²) in [6, 6.07) is 13.5. The molecule has 6 heteroatoms. The Labute approximate surface area is 166 Å². The lowest BCUT2D eigenvalue weighted by Gasteiger charge is -2.00. The third-order valence-corrected chi connectivity index (χ3v) is 5.37. The normalized spacial score (nSPS) is 11.5. The molecule has 0 bridgehead atoms. The van der Waals surface area contributed by atoms with Gasteiger partial charge in [0.15, 0.2) is 0 Å². The molecule has 0 radical (unpaired) electrons. The average Bonchev–Trinajstić information content (AvgIpc) is 3.39. The second-order valence-corrected chi connectivity index (χ2v) is 7.05. The van der Waals surface area contributed by atoms with Crippen molar-refractivity contribution in [3.8, 4) is 16.8 Å². The van der Waals surface area contributed by atoms with Crippen LogP contribution in [-0.2, 0) is 6.42 Å². The molecule has 0 amide bonds. The van der Waals surface area contributed by atoms with E-state index in [1.807, 2.05) is 47.8 Å². The maximum atomic E-state index is 13.0. The van der Waals surface area contributed by atoms with E-state index in [0.717, 1.165) is 33.6 Å². The Morgan fingerprint density at radius 2 is 2.18 bits per heavy atom. The monoisotopic (exact) mass is 384 g/mol. The average molecular weight is 384 g/mol. The number of hydrogen-bond acceptors (Lipinski definition) is 5. The Bertz CT molecular complexity index is 1230. The van der Waals surface area contributed by atoms with Crippen molar-refractivity contribution in [1.29, 1.82) is 5.26 Å². The van der Waals surface area contributed by atoms with Crippen molar-refractivity contribution in [1.82, 2.24) is 15.0 Å². The van der Waals surface area contributed by atoms with Crippen LogP contribution in [0.15, 0.2) is 59.7 Å². The quantitative estimate of drug-likeness (QED) is 0.297. The molecule has 0 aliphatic heterocycles. The fourth-order valence-corrected chi connectivity index (χ4v) is 3.85. The molecule has 0 aliphatic rings. The van der Waals surface area contributed by atoms with E-state index in [1.54, 1.807) is 12.4 Å². The molecule has 1 N–H and O–H groups in total. The first kappa shape index (κ1) is 17.8. The van der Waals surface area contributed by atoms with Crippen molar-refractivity contribution in [2.24, 2.45) is 0 Å². The molecule has 136 valence electrons. The van der Waals surface area contributed by atoms with Crippen LogP contribution in [-0.4, -0.2) is 20.7 Å². The van der Waals surface area contributed by atoms with Gasteiger partial charge in [0.1, 0.15) is 16.6 Å². The van der Waals surface area contributed by atoms with Gasteiger partial charge in [-0.2, -0.15) is 5.26 Å². The lowest BCUT2D eigenvalue weighted by molar-refractivity contribution is 0.104. The Kier molecular flexibility index (Phi) is 4.83. The molecule has 0 fully saturated rings. The molecule has 4 rings (SSSR count). The van der Waals surface area contributed by atoms with E-state index in [4.69, 9.17) is 0 Å². The van der Waals surface area contributed by atoms with Gasteiger partial charge in [0, 0.05) is 34.2 Å². The molecule has 1 aromatic carbocycles. The minimum atomic E-state index is -0.311. The highest BCUT2D eigenvalue weighted by atomic mass is 32.1. The summed E-state index contributed by atoms with van der Waals surface area (Å²) < 4.78 is 0. The zero-order chi connectivity index (χ0) is 19.5. The highest BCUT2D eigenvalue weighted by molar-refractivity contribution is 7.13. The minimum absolute atomic E-state index is 0.0562. The first-order valence-corrected chi connectivity index (χ1v) is 9.71. The number of nitrogens with one attached hydrogen (secondary N) is 1. The zero-order valence-corrected chi connectivity index (χ0v) is 16.0. The third kappa shape index (κ3) is 3.24. The van der Waals surface area contributed by atoms with Gasteiger partial charge >= 0.3 is 0 Å². The van der Waals surface area contributed by atoms with E-state index in [1.165, 1.54) is 17.4 Å². The van der Waals surface area contributed by atoms with Crippen LogP contribution in [0.3, 0.4) is 0 Å². The number of para-hydroxylation sites is 1. The van der Waals surface area contributed by atoms with Crippen molar-refractivity contribution in [3.05, 3.63) is 76.6 Å². The fourth-order valence-electron chi connectivity index (χ4n) is 3.10. The fraction of sp³-hybridized carbons (Fsp3) is 0.0909. The lowest BCUT2D eigenvalue weighted by atomic mass is 10.0. The van der Waals surface area contributed by atoms with Gasteiger partial charge in [0.05, 0.1) is 11.4 Å². The molecule has 0 unspecified atom stereocenters. The molecule has 3 heterocycles. The third-order valence-electron chi connectivity index (χ3n) is 4.49. The summed E-state index contributed by atoms with van der Waals surface area (Å²) >= 11 is 1.43. The van der Waals surface area contributed by atoms with Crippen molar-refractivity contribution in [3.63, 3.8) is 0 Å². The number of thiazole rings is 1. The standard InChI is InChI=1S/C22H16N4OS/c1-2-14-6-5-7-17-18(12-25-20(14)17)21(27)15(11-23)10-16-13-28-22(26-16)19-8-3-4-9-24-19/h3-10,12-13,25H,2H2,1H3. The number of hydrogen-bond donors (Lipinski definition) is 1. The van der Waals surface area contributed by atoms with E-state index < -0.39 is 0 Å². The number of aromatic amines is 1. The minimum Gasteiger partial charge on any atom is -0.360 e. The number of fused-ring (bicyclic) bond motifs is 1. The summed E-state index contributed by atoms with van der Waals surface area (Å²) in [4.78, 5) is 24.9. The number of aryl methyl sites for hydroxylation is 1. The molecule has 0 saturated carbocycles. The summed E-state index contributed by atoms with van der Waals surface area (Å²) in [5.41, 5.74) is 3.97. The number of Topliss-reactive ketones (excluding diaryl/α,β-unsaturated/α-hetero) is 1. The van der Waals surface area contributed by atoms with Gasteiger partial charge in [0.2, 0.25) is 5.78 Å². The first-order chi connectivity index (χ1) is 13.7. The van der Waals surface area contributed by atoms with E-state index >= 15 is 0 Å². The molecule has 0 saturated heterocycles. The Morgan fingerprint density at radius 1 is 1.29 bits per heavy atom. The topological polar surface area (TPSA) is 82.4 Å². The Morgan fingerprint density at radius 3 is 2.93 bits per heavy atom. The van der Waals surface area contributed by atoms with Crippen LogP contribution in [0, 0.1) is 11.3 Å². The molecule has 3 aromatic heterocycles. The highest BCUT2D eigenvalue weighted by Crippen LogP contribution is 2.26. The maximum absolute atomic E-state index is 13.0. The zero-order valence-electron chi connectivity index (χ0n) is 15.1. The summed E-state index contributed by atoms with van der Waals surface area (Å²) in [6.07, 6.45) is 5.78. The second kappa shape index (κ2) is 7.59.